The van der Waals surface area contributed by atoms with Gasteiger partial charge in [0.1, 0.15) is 0 Å². The lowest BCUT2D eigenvalue weighted by Gasteiger charge is -2.14. The molecule has 0 saturated carbocycles. The summed E-state index contributed by atoms with van der Waals surface area (Å²) in [6.07, 6.45) is 5.80. The molecule has 140 valence electrons. The van der Waals surface area contributed by atoms with E-state index in [1.165, 1.54) is 0 Å². The van der Waals surface area contributed by atoms with Gasteiger partial charge in [0.25, 0.3) is 0 Å². The van der Waals surface area contributed by atoms with Crippen molar-refractivity contribution in [2.75, 3.05) is 6.61 Å². The van der Waals surface area contributed by atoms with Crippen molar-refractivity contribution in [3.63, 3.8) is 0 Å². The molecule has 4 heteroatoms. The van der Waals surface area contributed by atoms with E-state index in [1.54, 1.807) is 24.3 Å². The number of carbonyl (C=O) groups excluding carboxylic acids is 2. The van der Waals surface area contributed by atoms with Crippen LogP contribution in [0, 0.1) is 5.92 Å². The van der Waals surface area contributed by atoms with Crippen LogP contribution < -0.4 is 0 Å². The Bertz CT molecular complexity index is 536. The third-order valence-corrected chi connectivity index (χ3v) is 4.05. The van der Waals surface area contributed by atoms with E-state index in [0.29, 0.717) is 12.5 Å². The van der Waals surface area contributed by atoms with Gasteiger partial charge >= 0.3 is 11.9 Å². The van der Waals surface area contributed by atoms with Crippen molar-refractivity contribution in [2.24, 2.45) is 5.92 Å². The summed E-state index contributed by atoms with van der Waals surface area (Å²) in [5.74, 6) is -0.344. The zero-order valence-electron chi connectivity index (χ0n) is 16.0. The van der Waals surface area contributed by atoms with E-state index in [4.69, 9.17) is 9.47 Å². The molecule has 0 aliphatic carbocycles. The van der Waals surface area contributed by atoms with Gasteiger partial charge in [0.2, 0.25) is 0 Å². The summed E-state index contributed by atoms with van der Waals surface area (Å²) >= 11 is 0. The van der Waals surface area contributed by atoms with Crippen LogP contribution in [0.25, 0.3) is 0 Å². The molecule has 0 bridgehead atoms. The van der Waals surface area contributed by atoms with Gasteiger partial charge in [-0.3, -0.25) is 0 Å². The largest absolute Gasteiger partial charge is 0.462 e. The van der Waals surface area contributed by atoms with Crippen LogP contribution in [0.5, 0.6) is 0 Å². The minimum Gasteiger partial charge on any atom is -0.462 e. The van der Waals surface area contributed by atoms with Crippen molar-refractivity contribution < 1.29 is 19.1 Å². The van der Waals surface area contributed by atoms with Crippen LogP contribution in [-0.4, -0.2) is 24.6 Å². The van der Waals surface area contributed by atoms with Gasteiger partial charge in [0.15, 0.2) is 0 Å². The Balaban J connectivity index is 2.62. The van der Waals surface area contributed by atoms with Crippen molar-refractivity contribution >= 4 is 11.9 Å². The third-order valence-electron chi connectivity index (χ3n) is 4.05. The van der Waals surface area contributed by atoms with E-state index in [-0.39, 0.29) is 17.2 Å². The van der Waals surface area contributed by atoms with Crippen molar-refractivity contribution in [1.82, 2.24) is 0 Å². The van der Waals surface area contributed by atoms with Crippen LogP contribution in [0.3, 0.4) is 0 Å². The molecular weight excluding hydrogens is 316 g/mol. The molecule has 0 radical (unpaired) electrons. The highest BCUT2D eigenvalue weighted by Gasteiger charge is 2.20. The summed E-state index contributed by atoms with van der Waals surface area (Å²) in [6, 6.07) is 6.69. The van der Waals surface area contributed by atoms with E-state index in [0.717, 1.165) is 38.5 Å². The van der Waals surface area contributed by atoms with E-state index in [9.17, 15) is 9.59 Å². The van der Waals surface area contributed by atoms with Gasteiger partial charge in [0.05, 0.1) is 23.8 Å². The summed E-state index contributed by atoms with van der Waals surface area (Å²) in [7, 11) is 0. The number of unbranched alkanes of at least 4 members (excludes halogenated alkanes) is 2. The Morgan fingerprint density at radius 3 is 2.16 bits per heavy atom. The molecule has 0 heterocycles. The van der Waals surface area contributed by atoms with Crippen LogP contribution >= 0.6 is 0 Å². The fourth-order valence-electron chi connectivity index (χ4n) is 2.56. The van der Waals surface area contributed by atoms with Crippen LogP contribution in [0.2, 0.25) is 0 Å². The summed E-state index contributed by atoms with van der Waals surface area (Å²) in [5.41, 5.74) is 0.552. The number of hydrogen-bond acceptors (Lipinski definition) is 4. The van der Waals surface area contributed by atoms with Crippen molar-refractivity contribution in [3.8, 4) is 0 Å². The van der Waals surface area contributed by atoms with E-state index >= 15 is 0 Å². The molecule has 1 unspecified atom stereocenters. The number of esters is 2. The third kappa shape index (κ3) is 8.19. The molecule has 1 aromatic rings. The lowest BCUT2D eigenvalue weighted by Crippen LogP contribution is -2.19. The van der Waals surface area contributed by atoms with Crippen LogP contribution in [0.15, 0.2) is 24.3 Å². The molecule has 0 aliphatic heterocycles. The van der Waals surface area contributed by atoms with E-state index in [2.05, 4.69) is 20.8 Å². The Hall–Kier alpha value is -1.84. The highest BCUT2D eigenvalue weighted by Crippen LogP contribution is 2.15. The maximum absolute atomic E-state index is 12.4. The number of benzene rings is 1. The SMILES string of the molecule is CCCCCC(C)OC(=O)c1ccccc1C(=O)OCCCC(C)C. The Labute approximate surface area is 151 Å². The quantitative estimate of drug-likeness (QED) is 0.396. The van der Waals surface area contributed by atoms with Crippen LogP contribution in [-0.2, 0) is 9.47 Å². The summed E-state index contributed by atoms with van der Waals surface area (Å²) in [4.78, 5) is 24.7. The van der Waals surface area contributed by atoms with Gasteiger partial charge in [-0.15, -0.1) is 0 Å². The summed E-state index contributed by atoms with van der Waals surface area (Å²) < 4.78 is 10.8. The van der Waals surface area contributed by atoms with Gasteiger partial charge in [-0.25, -0.2) is 9.59 Å². The average Bonchev–Trinajstić information content (AvgIpc) is 2.58. The molecule has 1 rings (SSSR count). The number of carbonyl (C=O) groups is 2. The first-order chi connectivity index (χ1) is 12.0. The second kappa shape index (κ2) is 11.7. The van der Waals surface area contributed by atoms with E-state index in [1.807, 2.05) is 6.92 Å². The predicted octanol–water partition coefficient (Wildman–Crippen LogP) is 5.41. The molecule has 0 fully saturated rings. The topological polar surface area (TPSA) is 52.6 Å². The fourth-order valence-corrected chi connectivity index (χ4v) is 2.56. The number of ether oxygens (including phenoxy) is 2. The summed E-state index contributed by atoms with van der Waals surface area (Å²) in [6.45, 7) is 8.66. The lowest BCUT2D eigenvalue weighted by atomic mass is 10.1. The Morgan fingerprint density at radius 1 is 0.920 bits per heavy atom. The minimum atomic E-state index is -0.463. The van der Waals surface area contributed by atoms with Gasteiger partial charge in [-0.05, 0) is 50.7 Å². The summed E-state index contributed by atoms with van der Waals surface area (Å²) in [5, 5.41) is 0. The van der Waals surface area contributed by atoms with Crippen LogP contribution in [0.4, 0.5) is 0 Å². The fraction of sp³-hybridized carbons (Fsp3) is 0.619. The predicted molar refractivity (Wildman–Crippen MR) is 99.8 cm³/mol. The molecular formula is C21H32O4. The van der Waals surface area contributed by atoms with Crippen LogP contribution in [0.1, 0.15) is 86.9 Å². The monoisotopic (exact) mass is 348 g/mol. The highest BCUT2D eigenvalue weighted by molar-refractivity contribution is 6.03. The molecule has 1 aromatic carbocycles. The lowest BCUT2D eigenvalue weighted by molar-refractivity contribution is 0.0307. The smallest absolute Gasteiger partial charge is 0.339 e. The minimum absolute atomic E-state index is 0.158. The zero-order chi connectivity index (χ0) is 18.7. The van der Waals surface area contributed by atoms with Crippen molar-refractivity contribution in [2.45, 2.75) is 72.3 Å². The second-order valence-electron chi connectivity index (χ2n) is 6.93. The van der Waals surface area contributed by atoms with Crippen molar-refractivity contribution in [1.29, 1.82) is 0 Å². The number of hydrogen-bond donors (Lipinski definition) is 0. The highest BCUT2D eigenvalue weighted by atomic mass is 16.5. The van der Waals surface area contributed by atoms with Gasteiger partial charge < -0.3 is 9.47 Å². The van der Waals surface area contributed by atoms with Gasteiger partial charge in [-0.2, -0.15) is 0 Å². The maximum Gasteiger partial charge on any atom is 0.339 e. The molecule has 0 spiro atoms. The maximum atomic E-state index is 12.4. The molecule has 0 aromatic heterocycles. The second-order valence-corrected chi connectivity index (χ2v) is 6.93. The molecule has 0 amide bonds. The van der Waals surface area contributed by atoms with Gasteiger partial charge in [-0.1, -0.05) is 45.7 Å². The Morgan fingerprint density at radius 2 is 1.56 bits per heavy atom. The molecule has 0 saturated heterocycles. The van der Waals surface area contributed by atoms with Crippen molar-refractivity contribution in [3.05, 3.63) is 35.4 Å². The first-order valence-corrected chi connectivity index (χ1v) is 9.42. The standard InChI is InChI=1S/C21H32O4/c1-5-6-7-12-17(4)25-21(23)19-14-9-8-13-18(19)20(22)24-15-10-11-16(2)3/h8-9,13-14,16-17H,5-7,10-12,15H2,1-4H3. The first kappa shape index (κ1) is 21.2. The number of rotatable bonds is 11. The molecule has 4 nitrogen and oxygen atoms in total. The average molecular weight is 348 g/mol. The normalized spacial score (nSPS) is 12.0. The molecule has 0 N–H and O–H groups in total. The zero-order valence-corrected chi connectivity index (χ0v) is 16.0. The molecule has 1 atom stereocenters. The molecule has 0 aliphatic rings. The Kier molecular flexibility index (Phi) is 9.90. The van der Waals surface area contributed by atoms with E-state index < -0.39 is 11.9 Å². The van der Waals surface area contributed by atoms with Gasteiger partial charge in [0, 0.05) is 0 Å². The molecule has 25 heavy (non-hydrogen) atoms. The first-order valence-electron chi connectivity index (χ1n) is 9.42.